The first kappa shape index (κ1) is 14.7. The third kappa shape index (κ3) is 2.74. The van der Waals surface area contributed by atoms with Crippen molar-refractivity contribution in [2.45, 2.75) is 70.4 Å². The monoisotopic (exact) mass is 337 g/mol. The lowest BCUT2D eigenvalue weighted by molar-refractivity contribution is -0.940. The lowest BCUT2D eigenvalue weighted by Gasteiger charge is -2.44. The Labute approximate surface area is 119 Å². The molecule has 0 aromatic heterocycles. The molecule has 2 fully saturated rings. The van der Waals surface area contributed by atoms with Crippen LogP contribution in [0.15, 0.2) is 0 Å². The molecule has 2 bridgehead atoms. The predicted molar refractivity (Wildman–Crippen MR) is 65.8 cm³/mol. The second-order valence-electron chi connectivity index (χ2n) is 6.23. The molecule has 0 aromatic rings. The standard InChI is InChI=1S/C14H28N.HI/c1-4-12-8-7-10-13-9-5-6-11-14(12)15(13,2)3;/h12-14H,4-11H2,1-3H3;1H/q+1;/p-1. The van der Waals surface area contributed by atoms with Gasteiger partial charge in [0.1, 0.15) is 0 Å². The molecular weight excluding hydrogens is 309 g/mol. The Morgan fingerprint density at radius 1 is 0.938 bits per heavy atom. The number of hydrogen-bond donors (Lipinski definition) is 0. The van der Waals surface area contributed by atoms with Crippen LogP contribution < -0.4 is 24.0 Å². The molecule has 1 nitrogen and oxygen atoms in total. The van der Waals surface area contributed by atoms with E-state index in [0.29, 0.717) is 0 Å². The fourth-order valence-electron chi connectivity index (χ4n) is 4.21. The normalized spacial score (nSPS) is 38.1. The van der Waals surface area contributed by atoms with Gasteiger partial charge in [0.2, 0.25) is 0 Å². The quantitative estimate of drug-likeness (QED) is 0.485. The van der Waals surface area contributed by atoms with Gasteiger partial charge in [0.25, 0.3) is 0 Å². The summed E-state index contributed by atoms with van der Waals surface area (Å²) in [5.74, 6) is 1.00. The van der Waals surface area contributed by atoms with Crippen molar-refractivity contribution in [1.29, 1.82) is 0 Å². The van der Waals surface area contributed by atoms with Crippen LogP contribution >= 0.6 is 0 Å². The summed E-state index contributed by atoms with van der Waals surface area (Å²) < 4.78 is 1.33. The number of rotatable bonds is 1. The number of nitrogens with zero attached hydrogens (tertiary/aromatic N) is 1. The number of fused-ring (bicyclic) bond motifs is 2. The molecule has 3 unspecified atom stereocenters. The Hall–Kier alpha value is 0.690. The molecule has 2 rings (SSSR count). The number of hydrogen-bond acceptors (Lipinski definition) is 0. The minimum Gasteiger partial charge on any atom is -1.00 e. The first-order valence-corrected chi connectivity index (χ1v) is 6.99. The third-order valence-electron chi connectivity index (χ3n) is 5.26. The minimum atomic E-state index is 0. The maximum Gasteiger partial charge on any atom is 0.0916 e. The van der Waals surface area contributed by atoms with E-state index in [0.717, 1.165) is 18.0 Å². The molecule has 0 amide bonds. The zero-order valence-corrected chi connectivity index (χ0v) is 13.4. The van der Waals surface area contributed by atoms with E-state index >= 15 is 0 Å². The number of halogens is 1. The van der Waals surface area contributed by atoms with Crippen molar-refractivity contribution in [3.8, 4) is 0 Å². The summed E-state index contributed by atoms with van der Waals surface area (Å²) in [6.07, 6.45) is 11.8. The molecule has 0 radical (unpaired) electrons. The second kappa shape index (κ2) is 6.03. The van der Waals surface area contributed by atoms with Gasteiger partial charge in [-0.25, -0.2) is 0 Å². The SMILES string of the molecule is CCC1CCCC2CCCCC1[N+]2(C)C.[I-]. The Morgan fingerprint density at radius 2 is 1.56 bits per heavy atom. The van der Waals surface area contributed by atoms with E-state index in [1.807, 2.05) is 0 Å². The van der Waals surface area contributed by atoms with E-state index in [2.05, 4.69) is 21.0 Å². The lowest BCUT2D eigenvalue weighted by Crippen LogP contribution is -3.00. The van der Waals surface area contributed by atoms with Crippen molar-refractivity contribution >= 4 is 0 Å². The summed E-state index contributed by atoms with van der Waals surface area (Å²) in [7, 11) is 5.02. The van der Waals surface area contributed by atoms with Gasteiger partial charge in [0.05, 0.1) is 26.2 Å². The van der Waals surface area contributed by atoms with Crippen LogP contribution in [0.2, 0.25) is 0 Å². The first-order valence-electron chi connectivity index (χ1n) is 6.99. The smallest absolute Gasteiger partial charge is 0.0916 e. The molecule has 2 heteroatoms. The zero-order chi connectivity index (χ0) is 10.9. The van der Waals surface area contributed by atoms with Crippen molar-refractivity contribution in [2.24, 2.45) is 5.92 Å². The van der Waals surface area contributed by atoms with Crippen LogP contribution in [0, 0.1) is 5.92 Å². The third-order valence-corrected chi connectivity index (χ3v) is 5.26. The molecule has 96 valence electrons. The molecule has 2 aliphatic rings. The van der Waals surface area contributed by atoms with Crippen molar-refractivity contribution in [3.05, 3.63) is 0 Å². The highest BCUT2D eigenvalue weighted by Gasteiger charge is 2.43. The highest BCUT2D eigenvalue weighted by atomic mass is 127. The summed E-state index contributed by atoms with van der Waals surface area (Å²) in [6, 6.07) is 1.93. The van der Waals surface area contributed by atoms with Gasteiger partial charge in [0, 0.05) is 5.92 Å². The van der Waals surface area contributed by atoms with Gasteiger partial charge >= 0.3 is 0 Å². The van der Waals surface area contributed by atoms with Crippen molar-refractivity contribution in [2.75, 3.05) is 14.1 Å². The molecule has 0 spiro atoms. The summed E-state index contributed by atoms with van der Waals surface area (Å²) in [6.45, 7) is 2.40. The summed E-state index contributed by atoms with van der Waals surface area (Å²) >= 11 is 0. The van der Waals surface area contributed by atoms with Gasteiger partial charge in [-0.15, -0.1) is 0 Å². The van der Waals surface area contributed by atoms with Crippen molar-refractivity contribution < 1.29 is 28.5 Å². The van der Waals surface area contributed by atoms with Crippen LogP contribution in [-0.4, -0.2) is 30.7 Å². The molecule has 0 N–H and O–H groups in total. The first-order chi connectivity index (χ1) is 7.16. The van der Waals surface area contributed by atoms with Crippen LogP contribution in [0.3, 0.4) is 0 Å². The van der Waals surface area contributed by atoms with Crippen LogP contribution in [0.1, 0.15) is 58.3 Å². The molecular formula is C14H28IN. The van der Waals surface area contributed by atoms with Gasteiger partial charge in [-0.3, -0.25) is 0 Å². The minimum absolute atomic E-state index is 0. The molecule has 2 saturated heterocycles. The van der Waals surface area contributed by atoms with E-state index in [1.165, 1.54) is 55.8 Å². The largest absolute Gasteiger partial charge is 1.00 e. The molecule has 0 saturated carbocycles. The maximum atomic E-state index is 2.51. The van der Waals surface area contributed by atoms with Crippen LogP contribution in [0.5, 0.6) is 0 Å². The van der Waals surface area contributed by atoms with Gasteiger partial charge < -0.3 is 28.5 Å². The summed E-state index contributed by atoms with van der Waals surface area (Å²) in [4.78, 5) is 0. The highest BCUT2D eigenvalue weighted by molar-refractivity contribution is 4.79. The van der Waals surface area contributed by atoms with E-state index in [1.54, 1.807) is 0 Å². The summed E-state index contributed by atoms with van der Waals surface area (Å²) in [5.41, 5.74) is 0. The van der Waals surface area contributed by atoms with Crippen LogP contribution in [-0.2, 0) is 0 Å². The molecule has 0 aliphatic carbocycles. The van der Waals surface area contributed by atoms with E-state index < -0.39 is 0 Å². The second-order valence-corrected chi connectivity index (χ2v) is 6.23. The van der Waals surface area contributed by atoms with E-state index in [-0.39, 0.29) is 24.0 Å². The van der Waals surface area contributed by atoms with Crippen molar-refractivity contribution in [3.63, 3.8) is 0 Å². The van der Waals surface area contributed by atoms with Crippen LogP contribution in [0.4, 0.5) is 0 Å². The fourth-order valence-corrected chi connectivity index (χ4v) is 4.21. The molecule has 2 heterocycles. The average Bonchev–Trinajstić information content (AvgIpc) is 2.43. The topological polar surface area (TPSA) is 0 Å². The lowest BCUT2D eigenvalue weighted by atomic mass is 9.88. The Morgan fingerprint density at radius 3 is 2.25 bits per heavy atom. The molecule has 2 aliphatic heterocycles. The van der Waals surface area contributed by atoms with E-state index in [4.69, 9.17) is 0 Å². The predicted octanol–water partition coefficient (Wildman–Crippen LogP) is 0.588. The Kier molecular flexibility index (Phi) is 5.56. The van der Waals surface area contributed by atoms with Gasteiger partial charge in [-0.2, -0.15) is 0 Å². The Bertz CT molecular complexity index is 215. The average molecular weight is 337 g/mol. The Balaban J connectivity index is 0.00000128. The van der Waals surface area contributed by atoms with E-state index in [9.17, 15) is 0 Å². The fraction of sp³-hybridized carbons (Fsp3) is 1.00. The van der Waals surface area contributed by atoms with Crippen molar-refractivity contribution in [1.82, 2.24) is 0 Å². The highest BCUT2D eigenvalue weighted by Crippen LogP contribution is 2.39. The molecule has 16 heavy (non-hydrogen) atoms. The van der Waals surface area contributed by atoms with Gasteiger partial charge in [0.15, 0.2) is 0 Å². The maximum absolute atomic E-state index is 2.51. The molecule has 0 aromatic carbocycles. The van der Waals surface area contributed by atoms with Crippen LogP contribution in [0.25, 0.3) is 0 Å². The van der Waals surface area contributed by atoms with Gasteiger partial charge in [-0.1, -0.05) is 6.92 Å². The zero-order valence-electron chi connectivity index (χ0n) is 11.2. The number of quaternary nitrogens is 1. The summed E-state index contributed by atoms with van der Waals surface area (Å²) in [5, 5.41) is 0. The molecule has 3 atom stereocenters. The van der Waals surface area contributed by atoms with Gasteiger partial charge in [-0.05, 0) is 51.4 Å².